The van der Waals surface area contributed by atoms with Crippen LogP contribution in [0.3, 0.4) is 0 Å². The third kappa shape index (κ3) is 7.54. The fourth-order valence-corrected chi connectivity index (χ4v) is 17.0. The molecule has 6 aliphatic carbocycles. The highest BCUT2D eigenvalue weighted by Gasteiger charge is 2.70. The van der Waals surface area contributed by atoms with E-state index in [2.05, 4.69) is 70.5 Å². The van der Waals surface area contributed by atoms with E-state index in [9.17, 15) is 18.0 Å². The number of benzene rings is 1. The van der Waals surface area contributed by atoms with E-state index >= 15 is 0 Å². The molecule has 8 rings (SSSR count). The fourth-order valence-electron chi connectivity index (χ4n) is 15.7. The number of hydrogen-bond donors (Lipinski definition) is 1. The van der Waals surface area contributed by atoms with Crippen LogP contribution >= 0.6 is 0 Å². The van der Waals surface area contributed by atoms with Crippen molar-refractivity contribution < 1.29 is 27.5 Å². The number of esters is 2. The van der Waals surface area contributed by atoms with Gasteiger partial charge in [-0.1, -0.05) is 77.1 Å². The maximum Gasteiger partial charge on any atom is 0.338 e. The van der Waals surface area contributed by atoms with Gasteiger partial charge in [-0.3, -0.25) is 4.79 Å². The zero-order valence-electron chi connectivity index (χ0n) is 38.6. The first-order valence-corrected chi connectivity index (χ1v) is 25.8. The molecule has 0 aromatic heterocycles. The van der Waals surface area contributed by atoms with Crippen molar-refractivity contribution in [1.82, 2.24) is 10.2 Å². The number of sulfone groups is 1. The third-order valence-electron chi connectivity index (χ3n) is 19.1. The van der Waals surface area contributed by atoms with Gasteiger partial charge < -0.3 is 19.7 Å². The number of rotatable bonds is 11. The molecular formula is C52H76N2O6S. The van der Waals surface area contributed by atoms with Gasteiger partial charge in [-0.2, -0.15) is 0 Å². The van der Waals surface area contributed by atoms with Crippen LogP contribution in [0.25, 0.3) is 0 Å². The molecule has 1 aromatic carbocycles. The molecule has 10 atom stereocenters. The number of carbonyl (C=O) groups excluding carboxylic acids is 2. The van der Waals surface area contributed by atoms with Crippen LogP contribution < -0.4 is 5.32 Å². The molecular weight excluding hydrogens is 781 g/mol. The summed E-state index contributed by atoms with van der Waals surface area (Å²) in [5.41, 5.74) is 4.60. The minimum absolute atomic E-state index is 0.0116. The lowest BCUT2D eigenvalue weighted by molar-refractivity contribution is -0.221. The summed E-state index contributed by atoms with van der Waals surface area (Å²) < 4.78 is 35.7. The number of hydrogen-bond acceptors (Lipinski definition) is 8. The normalized spacial score (nSPS) is 40.2. The quantitative estimate of drug-likeness (QED) is 0.174. The minimum Gasteiger partial charge on any atom is -0.465 e. The van der Waals surface area contributed by atoms with E-state index in [4.69, 9.17) is 9.47 Å². The third-order valence-corrected chi connectivity index (χ3v) is 20.8. The van der Waals surface area contributed by atoms with Gasteiger partial charge in [-0.05, 0) is 165 Å². The molecule has 7 aliphatic rings. The van der Waals surface area contributed by atoms with Crippen LogP contribution in [0.1, 0.15) is 136 Å². The molecule has 1 saturated heterocycles. The highest BCUT2D eigenvalue weighted by atomic mass is 32.2. The van der Waals surface area contributed by atoms with E-state index in [-0.39, 0.29) is 51.3 Å². The van der Waals surface area contributed by atoms with E-state index in [1.807, 2.05) is 25.1 Å². The summed E-state index contributed by atoms with van der Waals surface area (Å²) in [5, 5.41) is 4.23. The van der Waals surface area contributed by atoms with E-state index in [0.717, 1.165) is 25.9 Å². The number of ether oxygens (including phenoxy) is 2. The molecule has 0 bridgehead atoms. The number of carbonyl (C=O) groups is 2. The highest BCUT2D eigenvalue weighted by molar-refractivity contribution is 7.91. The summed E-state index contributed by atoms with van der Waals surface area (Å²) in [6.07, 6.45) is 17.8. The minimum atomic E-state index is -2.88. The second kappa shape index (κ2) is 16.4. The standard InChI is InChI=1S/C52H76N2O6S/c1-9-59-46(56)51(35-60-45(55)38-13-11-10-12-14-38)24-17-37(18-25-51)40-20-22-48(6)42(47(40,4)5)21-23-50(8)43(48)16-15-41-44-39(36(2)3)19-26-52(44,28-27-49(41,50)7)53-29-30-54-31-33-61(57,58)34-32-54/h10-14,17,20,39,41-44,53H,2,9,15-16,18-19,21-35H2,1,3-8H3/t39-,41+,42-,43?,44+,48-,49+,50+,51?,52-/m0/s1. The molecule has 0 amide bonds. The molecule has 0 spiro atoms. The van der Waals surface area contributed by atoms with Crippen molar-refractivity contribution in [3.8, 4) is 0 Å². The van der Waals surface area contributed by atoms with Gasteiger partial charge in [0.25, 0.3) is 0 Å². The van der Waals surface area contributed by atoms with Gasteiger partial charge >= 0.3 is 11.9 Å². The summed E-state index contributed by atoms with van der Waals surface area (Å²) in [6, 6.07) is 9.01. The second-order valence-electron chi connectivity index (χ2n) is 22.2. The molecule has 4 saturated carbocycles. The number of allylic oxidation sites excluding steroid dienone is 5. The van der Waals surface area contributed by atoms with Crippen molar-refractivity contribution in [2.45, 2.75) is 131 Å². The zero-order chi connectivity index (χ0) is 43.6. The Morgan fingerprint density at radius 3 is 2.26 bits per heavy atom. The van der Waals surface area contributed by atoms with E-state index in [1.54, 1.807) is 12.1 Å². The monoisotopic (exact) mass is 857 g/mol. The molecule has 8 nitrogen and oxygen atoms in total. The summed E-state index contributed by atoms with van der Waals surface area (Å²) in [4.78, 5) is 28.9. The Morgan fingerprint density at radius 1 is 0.852 bits per heavy atom. The largest absolute Gasteiger partial charge is 0.465 e. The molecule has 2 unspecified atom stereocenters. The molecule has 1 heterocycles. The van der Waals surface area contributed by atoms with Crippen LogP contribution in [-0.4, -0.2) is 81.7 Å². The van der Waals surface area contributed by atoms with Crippen molar-refractivity contribution in [1.29, 1.82) is 0 Å². The van der Waals surface area contributed by atoms with Gasteiger partial charge in [0, 0.05) is 31.7 Å². The van der Waals surface area contributed by atoms with E-state index < -0.39 is 21.2 Å². The van der Waals surface area contributed by atoms with Crippen molar-refractivity contribution >= 4 is 21.8 Å². The SMILES string of the molecule is C=C(C)[C@@H]1CC[C@]2(NCCN3CCS(=O)(=O)CC3)CC[C@]3(C)[C@H](CCC4[C@@]5(C)CC=C(C6=CCC(COC(=O)c7ccccc7)(C(=O)OCC)CC6)C(C)(C)[C@@H]5CC[C@]43C)[C@@H]12. The zero-order valence-corrected chi connectivity index (χ0v) is 39.4. The van der Waals surface area contributed by atoms with Gasteiger partial charge in [-0.25, -0.2) is 13.2 Å². The Labute approximate surface area is 368 Å². The number of fused-ring (bicyclic) bond motifs is 7. The molecule has 5 fully saturated rings. The van der Waals surface area contributed by atoms with Crippen molar-refractivity contribution in [3.05, 3.63) is 71.3 Å². The first kappa shape index (κ1) is 44.8. The Balaban J connectivity index is 1.01. The Morgan fingerprint density at radius 2 is 1.59 bits per heavy atom. The van der Waals surface area contributed by atoms with Crippen LogP contribution in [0, 0.1) is 56.7 Å². The van der Waals surface area contributed by atoms with Crippen LogP contribution in [0.5, 0.6) is 0 Å². The average molecular weight is 857 g/mol. The Bertz CT molecular complexity index is 2030. The van der Waals surface area contributed by atoms with Crippen LogP contribution in [0.15, 0.2) is 65.8 Å². The predicted molar refractivity (Wildman–Crippen MR) is 244 cm³/mol. The second-order valence-corrected chi connectivity index (χ2v) is 24.5. The van der Waals surface area contributed by atoms with Crippen LogP contribution in [0.4, 0.5) is 0 Å². The summed E-state index contributed by atoms with van der Waals surface area (Å²) in [6.45, 7) is 25.3. The van der Waals surface area contributed by atoms with Gasteiger partial charge in [0.2, 0.25) is 0 Å². The first-order chi connectivity index (χ1) is 28.8. The maximum atomic E-state index is 13.6. The molecule has 1 N–H and O–H groups in total. The average Bonchev–Trinajstić information content (AvgIpc) is 3.61. The fraction of sp³-hybridized carbons (Fsp3) is 0.731. The Hall–Kier alpha value is -2.75. The Kier molecular flexibility index (Phi) is 12.0. The highest BCUT2D eigenvalue weighted by Crippen LogP contribution is 2.76. The smallest absolute Gasteiger partial charge is 0.338 e. The topological polar surface area (TPSA) is 102 Å². The number of nitrogens with one attached hydrogen (secondary N) is 1. The van der Waals surface area contributed by atoms with Gasteiger partial charge in [-0.15, -0.1) is 0 Å². The summed E-state index contributed by atoms with van der Waals surface area (Å²) >= 11 is 0. The molecule has 0 radical (unpaired) electrons. The predicted octanol–water partition coefficient (Wildman–Crippen LogP) is 9.77. The first-order valence-electron chi connectivity index (χ1n) is 24.0. The molecule has 1 aliphatic heterocycles. The summed E-state index contributed by atoms with van der Waals surface area (Å²) in [5.74, 6) is 2.90. The molecule has 61 heavy (non-hydrogen) atoms. The lowest BCUT2D eigenvalue weighted by Gasteiger charge is -2.72. The van der Waals surface area contributed by atoms with Crippen LogP contribution in [0.2, 0.25) is 0 Å². The van der Waals surface area contributed by atoms with Crippen LogP contribution in [-0.2, 0) is 24.1 Å². The van der Waals surface area contributed by atoms with Gasteiger partial charge in [0.1, 0.15) is 12.0 Å². The molecule has 336 valence electrons. The van der Waals surface area contributed by atoms with E-state index in [0.29, 0.717) is 67.7 Å². The molecule has 9 heteroatoms. The maximum absolute atomic E-state index is 13.6. The van der Waals surface area contributed by atoms with Crippen molar-refractivity contribution in [2.24, 2.45) is 56.7 Å². The van der Waals surface area contributed by atoms with Gasteiger partial charge in [0.05, 0.1) is 23.7 Å². The van der Waals surface area contributed by atoms with Gasteiger partial charge in [0.15, 0.2) is 9.84 Å². The van der Waals surface area contributed by atoms with E-state index in [1.165, 1.54) is 68.1 Å². The number of nitrogens with zero attached hydrogens (tertiary/aromatic N) is 1. The summed E-state index contributed by atoms with van der Waals surface area (Å²) in [7, 11) is -2.88. The lowest BCUT2D eigenvalue weighted by Crippen LogP contribution is -2.68. The van der Waals surface area contributed by atoms with Crippen molar-refractivity contribution in [3.63, 3.8) is 0 Å². The molecule has 1 aromatic rings. The van der Waals surface area contributed by atoms with Crippen molar-refractivity contribution in [2.75, 3.05) is 50.9 Å². The lowest BCUT2D eigenvalue weighted by atomic mass is 9.33.